The summed E-state index contributed by atoms with van der Waals surface area (Å²) in [6.07, 6.45) is 5.46. The van der Waals surface area contributed by atoms with Crippen molar-refractivity contribution in [3.8, 4) is 0 Å². The summed E-state index contributed by atoms with van der Waals surface area (Å²) in [5, 5.41) is -1.14. The van der Waals surface area contributed by atoms with Crippen molar-refractivity contribution in [1.29, 1.82) is 0 Å². The summed E-state index contributed by atoms with van der Waals surface area (Å²) in [7, 11) is -3.63. The molecule has 0 aromatic carbocycles. The number of hydrogen-bond donors (Lipinski definition) is 0. The van der Waals surface area contributed by atoms with E-state index in [1.807, 2.05) is 4.90 Å². The van der Waals surface area contributed by atoms with Gasteiger partial charge in [-0.2, -0.15) is 0 Å². The number of sulfone groups is 1. The largest absolute Gasteiger partial charge is 0.465 e. The van der Waals surface area contributed by atoms with Crippen LogP contribution in [0.1, 0.15) is 46.5 Å². The molecule has 0 amide bonds. The summed E-state index contributed by atoms with van der Waals surface area (Å²) in [4.78, 5) is 14.0. The van der Waals surface area contributed by atoms with Gasteiger partial charge in [0.2, 0.25) is 0 Å². The van der Waals surface area contributed by atoms with Crippen LogP contribution in [0.15, 0.2) is 11.1 Å². The smallest absolute Gasteiger partial charge is 0.324 e. The van der Waals surface area contributed by atoms with Crippen molar-refractivity contribution in [2.24, 2.45) is 0 Å². The number of hydrogen-bond acceptors (Lipinski definition) is 5. The first kappa shape index (κ1) is 17.0. The predicted molar refractivity (Wildman–Crippen MR) is 78.8 cm³/mol. The number of rotatable bonds is 6. The van der Waals surface area contributed by atoms with Crippen molar-refractivity contribution >= 4 is 15.8 Å². The molecule has 0 aromatic rings. The fraction of sp³-hybridized carbons (Fsp3) is 0.786. The van der Waals surface area contributed by atoms with Crippen molar-refractivity contribution < 1.29 is 17.9 Å². The summed E-state index contributed by atoms with van der Waals surface area (Å²) >= 11 is 0. The van der Waals surface area contributed by atoms with Crippen LogP contribution < -0.4 is 0 Å². The molecule has 1 atom stereocenters. The second-order valence-corrected chi connectivity index (χ2v) is 7.31. The van der Waals surface area contributed by atoms with Gasteiger partial charge in [0.05, 0.1) is 11.5 Å². The van der Waals surface area contributed by atoms with Crippen LogP contribution in [-0.4, -0.2) is 44.2 Å². The maximum Gasteiger partial charge on any atom is 0.324 e. The normalized spacial score (nSPS) is 18.8. The first-order valence-electron chi connectivity index (χ1n) is 7.28. The van der Waals surface area contributed by atoms with Gasteiger partial charge in [-0.25, -0.2) is 8.42 Å². The molecular weight excluding hydrogens is 278 g/mol. The number of piperidine rings is 1. The first-order valence-corrected chi connectivity index (χ1v) is 8.83. The molecule has 5 nitrogen and oxygen atoms in total. The lowest BCUT2D eigenvalue weighted by molar-refractivity contribution is -0.142. The zero-order valence-electron chi connectivity index (χ0n) is 12.6. The topological polar surface area (TPSA) is 63.7 Å². The van der Waals surface area contributed by atoms with Gasteiger partial charge < -0.3 is 9.64 Å². The zero-order valence-corrected chi connectivity index (χ0v) is 13.4. The third-order valence-electron chi connectivity index (χ3n) is 3.52. The van der Waals surface area contributed by atoms with Gasteiger partial charge in [-0.1, -0.05) is 6.92 Å². The minimum Gasteiger partial charge on any atom is -0.465 e. The van der Waals surface area contributed by atoms with Crippen LogP contribution in [-0.2, 0) is 19.4 Å². The maximum atomic E-state index is 12.5. The van der Waals surface area contributed by atoms with Crippen LogP contribution in [0.4, 0.5) is 0 Å². The molecule has 0 radical (unpaired) electrons. The number of ether oxygens (including phenoxy) is 1. The van der Waals surface area contributed by atoms with Crippen LogP contribution in [0.5, 0.6) is 0 Å². The van der Waals surface area contributed by atoms with Crippen LogP contribution in [0.3, 0.4) is 0 Å². The molecular formula is C14H25NO4S. The average Bonchev–Trinajstić information content (AvgIpc) is 2.45. The van der Waals surface area contributed by atoms with E-state index in [2.05, 4.69) is 0 Å². The Morgan fingerprint density at radius 2 is 1.85 bits per heavy atom. The second-order valence-electron chi connectivity index (χ2n) is 4.98. The molecule has 6 heteroatoms. The van der Waals surface area contributed by atoms with E-state index in [1.54, 1.807) is 20.0 Å². The molecule has 1 fully saturated rings. The van der Waals surface area contributed by atoms with Crippen molar-refractivity contribution in [2.75, 3.05) is 19.7 Å². The van der Waals surface area contributed by atoms with E-state index >= 15 is 0 Å². The van der Waals surface area contributed by atoms with E-state index in [-0.39, 0.29) is 6.61 Å². The van der Waals surface area contributed by atoms with Gasteiger partial charge in [-0.15, -0.1) is 0 Å². The molecule has 1 aliphatic rings. The Hall–Kier alpha value is -1.04. The Kier molecular flexibility index (Phi) is 6.52. The lowest BCUT2D eigenvalue weighted by atomic mass is 10.1. The van der Waals surface area contributed by atoms with Gasteiger partial charge in [-0.3, -0.25) is 4.79 Å². The molecule has 1 aliphatic heterocycles. The summed E-state index contributed by atoms with van der Waals surface area (Å²) in [6.45, 7) is 6.81. The van der Waals surface area contributed by atoms with Gasteiger partial charge >= 0.3 is 5.97 Å². The monoisotopic (exact) mass is 303 g/mol. The Balaban J connectivity index is 2.90. The Morgan fingerprint density at radius 1 is 1.25 bits per heavy atom. The van der Waals surface area contributed by atoms with E-state index in [0.29, 0.717) is 11.3 Å². The van der Waals surface area contributed by atoms with Crippen molar-refractivity contribution in [3.63, 3.8) is 0 Å². The lowest BCUT2D eigenvalue weighted by Crippen LogP contribution is -2.32. The number of carbonyl (C=O) groups is 1. The van der Waals surface area contributed by atoms with E-state index in [1.165, 1.54) is 13.3 Å². The molecule has 1 saturated heterocycles. The first-order chi connectivity index (χ1) is 9.43. The van der Waals surface area contributed by atoms with E-state index in [9.17, 15) is 13.2 Å². The lowest BCUT2D eigenvalue weighted by Gasteiger charge is -2.26. The summed E-state index contributed by atoms with van der Waals surface area (Å²) in [6, 6.07) is 0. The highest BCUT2D eigenvalue weighted by Gasteiger charge is 2.32. The molecule has 0 bridgehead atoms. The van der Waals surface area contributed by atoms with Gasteiger partial charge in [-0.05, 0) is 39.5 Å². The minimum atomic E-state index is -3.63. The fourth-order valence-electron chi connectivity index (χ4n) is 2.23. The minimum absolute atomic E-state index is 0.190. The van der Waals surface area contributed by atoms with Gasteiger partial charge in [0, 0.05) is 19.3 Å². The Morgan fingerprint density at radius 3 is 2.35 bits per heavy atom. The molecule has 0 N–H and O–H groups in total. The molecule has 0 aliphatic carbocycles. The molecule has 1 rings (SSSR count). The number of esters is 1. The molecule has 20 heavy (non-hydrogen) atoms. The molecule has 1 heterocycles. The summed E-state index contributed by atoms with van der Waals surface area (Å²) in [5.74, 6) is -0.675. The van der Waals surface area contributed by atoms with Gasteiger partial charge in [0.1, 0.15) is 0 Å². The summed E-state index contributed by atoms with van der Waals surface area (Å²) < 4.78 is 29.7. The third kappa shape index (κ3) is 4.23. The summed E-state index contributed by atoms with van der Waals surface area (Å²) in [5.41, 5.74) is 0. The number of likely N-dealkylation sites (tertiary alicyclic amines) is 1. The molecule has 116 valence electrons. The van der Waals surface area contributed by atoms with Crippen LogP contribution >= 0.6 is 0 Å². The SMILES string of the molecule is CCOC(=O)[C@H](C)S(=O)(=O)/C(=C\N1CCCCC1)CC. The Bertz CT molecular complexity index is 450. The van der Waals surface area contributed by atoms with Crippen LogP contribution in [0.25, 0.3) is 0 Å². The molecule has 0 unspecified atom stereocenters. The van der Waals surface area contributed by atoms with Gasteiger partial charge in [0.15, 0.2) is 15.1 Å². The predicted octanol–water partition coefficient (Wildman–Crippen LogP) is 2.09. The van der Waals surface area contributed by atoms with Crippen molar-refractivity contribution in [1.82, 2.24) is 4.90 Å². The highest BCUT2D eigenvalue weighted by molar-refractivity contribution is 7.96. The molecule has 0 aromatic heterocycles. The van der Waals surface area contributed by atoms with Crippen LogP contribution in [0, 0.1) is 0 Å². The van der Waals surface area contributed by atoms with E-state index < -0.39 is 21.1 Å². The third-order valence-corrected chi connectivity index (χ3v) is 5.76. The standard InChI is InChI=1S/C14H25NO4S/c1-4-13(11-15-9-7-6-8-10-15)20(17,18)12(3)14(16)19-5-2/h11-12H,4-10H2,1-3H3/b13-11-/t12-/m0/s1. The number of allylic oxidation sites excluding steroid dienone is 1. The highest BCUT2D eigenvalue weighted by Crippen LogP contribution is 2.20. The zero-order chi connectivity index (χ0) is 15.2. The quantitative estimate of drug-likeness (QED) is 0.703. The molecule has 0 spiro atoms. The second kappa shape index (κ2) is 7.67. The number of nitrogens with zero attached hydrogens (tertiary/aromatic N) is 1. The maximum absolute atomic E-state index is 12.5. The van der Waals surface area contributed by atoms with E-state index in [0.717, 1.165) is 25.9 Å². The molecule has 0 saturated carbocycles. The van der Waals surface area contributed by atoms with E-state index in [4.69, 9.17) is 4.74 Å². The van der Waals surface area contributed by atoms with Crippen molar-refractivity contribution in [3.05, 3.63) is 11.1 Å². The Labute approximate surface area is 121 Å². The number of carbonyl (C=O) groups excluding carboxylic acids is 1. The highest BCUT2D eigenvalue weighted by atomic mass is 32.2. The van der Waals surface area contributed by atoms with Crippen molar-refractivity contribution in [2.45, 2.75) is 51.7 Å². The van der Waals surface area contributed by atoms with Crippen LogP contribution in [0.2, 0.25) is 0 Å². The average molecular weight is 303 g/mol. The fourth-order valence-corrected chi connectivity index (χ4v) is 3.70. The van der Waals surface area contributed by atoms with Gasteiger partial charge in [0.25, 0.3) is 0 Å².